The average molecular weight is 431 g/mol. The molecule has 2 bridgehead atoms. The maximum atomic E-state index is 11.3. The summed E-state index contributed by atoms with van der Waals surface area (Å²) in [5.74, 6) is -0.557. The van der Waals surface area contributed by atoms with Crippen molar-refractivity contribution in [2.45, 2.75) is 18.6 Å². The Hall–Kier alpha value is -0.518. The molecular weight excluding hydrogens is 424 g/mol. The molecule has 0 aromatic heterocycles. The first-order valence-electron chi connectivity index (χ1n) is 4.13. The third kappa shape index (κ3) is 1.91. The third-order valence-electron chi connectivity index (χ3n) is 2.46. The monoisotopic (exact) mass is 431 g/mol. The smallest absolute Gasteiger partial charge is 0.497 e. The molecule has 15 heavy (non-hydrogen) atoms. The summed E-state index contributed by atoms with van der Waals surface area (Å²) in [6.45, 7) is 0.306. The minimum absolute atomic E-state index is 0. The number of hydrogen-bond acceptors (Lipinski definition) is 5. The molecule has 3 unspecified atom stereocenters. The molecule has 2 aliphatic rings. The number of nitriles is 1. The van der Waals surface area contributed by atoms with Gasteiger partial charge >= 0.3 is 31.1 Å². The van der Waals surface area contributed by atoms with Crippen molar-refractivity contribution in [1.29, 1.82) is 5.26 Å². The molecule has 1 saturated heterocycles. The van der Waals surface area contributed by atoms with Gasteiger partial charge in [-0.25, -0.2) is 5.26 Å². The van der Waals surface area contributed by atoms with Crippen LogP contribution in [0.3, 0.4) is 0 Å². The number of hydrogen-bond donors (Lipinski definition) is 0. The maximum Gasteiger partial charge on any atom is 2.00 e. The summed E-state index contributed by atoms with van der Waals surface area (Å²) in [6.07, 6.45) is 2.19. The first-order valence-corrected chi connectivity index (χ1v) is 4.13. The summed E-state index contributed by atoms with van der Waals surface area (Å²) in [5, 5.41) is 8.84. The van der Waals surface area contributed by atoms with Gasteiger partial charge in [0.2, 0.25) is 0 Å². The number of rotatable bonds is 2. The summed E-state index contributed by atoms with van der Waals surface area (Å²) < 4.78 is 9.61. The zero-order valence-corrected chi connectivity index (χ0v) is 11.8. The van der Waals surface area contributed by atoms with Gasteiger partial charge in [0.1, 0.15) is 0 Å². The average Bonchev–Trinajstić information content (AvgIpc) is 2.46. The van der Waals surface area contributed by atoms with E-state index in [1.54, 1.807) is 6.42 Å². The second-order valence-corrected chi connectivity index (χ2v) is 3.26. The fraction of sp³-hybridized carbons (Fsp3) is 0.444. The van der Waals surface area contributed by atoms with E-state index in [9.17, 15) is 9.59 Å². The molecule has 0 radical (unpaired) electrons. The topological polar surface area (TPSA) is 76.4 Å². The molecule has 2 fully saturated rings. The number of ether oxygens (including phenoxy) is 2. The largest absolute Gasteiger partial charge is 2.00 e. The summed E-state index contributed by atoms with van der Waals surface area (Å²) >= 11 is 0. The summed E-state index contributed by atoms with van der Waals surface area (Å²) in [6, 6.07) is 1.92. The standard InChI is InChI=1S/C9H7NO4.U/c10-4-9-2-1-6(13-5-11)7(3-9)14-8(9)12;/h1,3,5-7H,2H2;/q-2;+2. The number of esters is 1. The van der Waals surface area contributed by atoms with E-state index in [2.05, 4.69) is 0 Å². The number of fused-ring (bicyclic) bond motifs is 2. The van der Waals surface area contributed by atoms with Crippen molar-refractivity contribution in [2.75, 3.05) is 0 Å². The van der Waals surface area contributed by atoms with Gasteiger partial charge in [-0.1, -0.05) is 0 Å². The Balaban J connectivity index is 0.00000112. The minimum Gasteiger partial charge on any atom is -0.497 e. The van der Waals surface area contributed by atoms with E-state index >= 15 is 0 Å². The van der Waals surface area contributed by atoms with Crippen LogP contribution >= 0.6 is 0 Å². The third-order valence-corrected chi connectivity index (χ3v) is 2.46. The van der Waals surface area contributed by atoms with Gasteiger partial charge in [0.15, 0.2) is 0 Å². The fourth-order valence-corrected chi connectivity index (χ4v) is 1.69. The molecule has 0 amide bonds. The van der Waals surface area contributed by atoms with Crippen molar-refractivity contribution < 1.29 is 50.2 Å². The molecular formula is C9H7NO4U. The quantitative estimate of drug-likeness (QED) is 0.343. The molecule has 6 heteroatoms. The van der Waals surface area contributed by atoms with Gasteiger partial charge in [-0.2, -0.15) is 6.42 Å². The van der Waals surface area contributed by atoms with Gasteiger partial charge in [0.25, 0.3) is 12.4 Å². The number of carbonyl (C=O) groups is 2. The first kappa shape index (κ1) is 12.6. The zero-order chi connectivity index (χ0) is 10.2. The molecule has 1 aliphatic heterocycles. The van der Waals surface area contributed by atoms with Crippen LogP contribution < -0.4 is 0 Å². The molecule has 0 aromatic rings. The van der Waals surface area contributed by atoms with E-state index in [0.29, 0.717) is 6.47 Å². The Morgan fingerprint density at radius 1 is 1.73 bits per heavy atom. The Kier molecular flexibility index (Phi) is 3.81. The molecule has 0 spiro atoms. The van der Waals surface area contributed by atoms with Gasteiger partial charge in [-0.05, 0) is 12.2 Å². The Morgan fingerprint density at radius 3 is 3.07 bits per heavy atom. The normalized spacial score (nSPS) is 37.1. The Labute approximate surface area is 110 Å². The summed E-state index contributed by atoms with van der Waals surface area (Å²) in [4.78, 5) is 21.4. The fourth-order valence-electron chi connectivity index (χ4n) is 1.69. The minimum atomic E-state index is -1.16. The molecule has 1 heterocycles. The van der Waals surface area contributed by atoms with E-state index in [-0.39, 0.29) is 37.5 Å². The molecule has 1 aliphatic carbocycles. The van der Waals surface area contributed by atoms with Crippen LogP contribution in [0.25, 0.3) is 0 Å². The molecule has 1 saturated carbocycles. The molecule has 76 valence electrons. The number of carbonyl (C=O) groups excluding carboxylic acids is 2. The van der Waals surface area contributed by atoms with Crippen molar-refractivity contribution in [3.05, 3.63) is 12.8 Å². The van der Waals surface area contributed by atoms with E-state index in [1.165, 1.54) is 6.42 Å². The van der Waals surface area contributed by atoms with Crippen molar-refractivity contribution in [1.82, 2.24) is 0 Å². The molecule has 0 N–H and O–H groups in total. The van der Waals surface area contributed by atoms with Crippen LogP contribution in [-0.2, 0) is 19.1 Å². The van der Waals surface area contributed by atoms with Crippen molar-refractivity contribution >= 4 is 12.4 Å². The number of nitrogens with zero attached hydrogens (tertiary/aromatic N) is 1. The summed E-state index contributed by atoms with van der Waals surface area (Å²) in [5.41, 5.74) is -1.16. The van der Waals surface area contributed by atoms with Crippen molar-refractivity contribution in [3.8, 4) is 6.07 Å². The predicted molar refractivity (Wildman–Crippen MR) is 42.1 cm³/mol. The van der Waals surface area contributed by atoms with Gasteiger partial charge in [0.05, 0.1) is 0 Å². The van der Waals surface area contributed by atoms with Gasteiger partial charge in [-0.15, -0.1) is 0 Å². The molecule has 2 rings (SSSR count). The first-order chi connectivity index (χ1) is 6.72. The molecule has 5 nitrogen and oxygen atoms in total. The second kappa shape index (κ2) is 4.55. The van der Waals surface area contributed by atoms with Crippen LogP contribution in [0.2, 0.25) is 0 Å². The van der Waals surface area contributed by atoms with E-state index in [1.807, 2.05) is 6.07 Å². The van der Waals surface area contributed by atoms with Crippen molar-refractivity contribution in [3.63, 3.8) is 0 Å². The van der Waals surface area contributed by atoms with Gasteiger partial charge < -0.3 is 9.47 Å². The van der Waals surface area contributed by atoms with Crippen LogP contribution in [0.5, 0.6) is 0 Å². The van der Waals surface area contributed by atoms with Crippen molar-refractivity contribution in [2.24, 2.45) is 5.41 Å². The molecule has 0 aromatic carbocycles. The van der Waals surface area contributed by atoms with E-state index < -0.39 is 23.6 Å². The van der Waals surface area contributed by atoms with Crippen LogP contribution in [0, 0.1) is 60.7 Å². The predicted octanol–water partition coefficient (Wildman–Crippen LogP) is -0.224. The van der Waals surface area contributed by atoms with E-state index in [4.69, 9.17) is 14.7 Å². The maximum absolute atomic E-state index is 11.3. The van der Waals surface area contributed by atoms with Crippen LogP contribution in [0.1, 0.15) is 6.42 Å². The SMILES string of the molecule is N#CC12[CH-]C(OC1=O)C(OC=O)[CH-]C2.[U+2]. The molecule has 3 atom stereocenters. The summed E-state index contributed by atoms with van der Waals surface area (Å²) in [7, 11) is 0. The zero-order valence-electron chi connectivity index (χ0n) is 7.67. The van der Waals surface area contributed by atoms with E-state index in [0.717, 1.165) is 0 Å². The van der Waals surface area contributed by atoms with Crippen LogP contribution in [0.4, 0.5) is 0 Å². The van der Waals surface area contributed by atoms with Gasteiger partial charge in [0, 0.05) is 11.5 Å². The van der Waals surface area contributed by atoms with Gasteiger partial charge in [-0.3, -0.25) is 22.4 Å². The second-order valence-electron chi connectivity index (χ2n) is 3.26. The van der Waals surface area contributed by atoms with Crippen LogP contribution in [0.15, 0.2) is 0 Å². The Morgan fingerprint density at radius 2 is 2.47 bits per heavy atom. The van der Waals surface area contributed by atoms with Crippen LogP contribution in [-0.4, -0.2) is 24.6 Å². The Bertz CT molecular complexity index is 327.